The first-order valence-electron chi connectivity index (χ1n) is 8.51. The van der Waals surface area contributed by atoms with E-state index in [1.54, 1.807) is 25.7 Å². The number of hydrogen-bond donors (Lipinski definition) is 1. The van der Waals surface area contributed by atoms with Crippen molar-refractivity contribution in [1.82, 2.24) is 0 Å². The molecule has 6 saturated carbocycles. The molecule has 9 unspecified atom stereocenters. The third kappa shape index (κ3) is 0.716. The number of fused-ring (bicyclic) bond motifs is 2. The van der Waals surface area contributed by atoms with Crippen LogP contribution in [0.15, 0.2) is 0 Å². The molecule has 106 valence electrons. The molecule has 1 nitrogen and oxygen atoms in total. The van der Waals surface area contributed by atoms with Gasteiger partial charge in [-0.15, -0.1) is 0 Å². The zero-order valence-corrected chi connectivity index (χ0v) is 12.8. The Kier molecular flexibility index (Phi) is 1.71. The highest BCUT2D eigenvalue weighted by Gasteiger charge is 2.95. The molecule has 9 atom stereocenters. The molecule has 0 aromatic carbocycles. The molecule has 0 radical (unpaired) electrons. The Balaban J connectivity index is 0.000000424. The van der Waals surface area contributed by atoms with E-state index in [1.807, 2.05) is 0 Å². The van der Waals surface area contributed by atoms with E-state index in [9.17, 15) is 0 Å². The molecule has 0 aromatic rings. The van der Waals surface area contributed by atoms with Crippen LogP contribution in [0.5, 0.6) is 0 Å². The molecule has 0 bridgehead atoms. The monoisotopic (exact) mass is 260 g/mol. The molecule has 2 spiro atoms. The fourth-order valence-electron chi connectivity index (χ4n) is 9.20. The highest BCUT2D eigenvalue weighted by atomic mass is 16.2. The van der Waals surface area contributed by atoms with Gasteiger partial charge in [-0.25, -0.2) is 0 Å². The fraction of sp³-hybridized carbons (Fsp3) is 1.00. The van der Waals surface area contributed by atoms with E-state index in [4.69, 9.17) is 5.11 Å². The zero-order valence-electron chi connectivity index (χ0n) is 12.8. The first-order chi connectivity index (χ1) is 9.06. The van der Waals surface area contributed by atoms with Crippen molar-refractivity contribution in [2.24, 2.45) is 57.7 Å². The van der Waals surface area contributed by atoms with Crippen molar-refractivity contribution in [1.29, 1.82) is 0 Å². The second-order valence-corrected chi connectivity index (χ2v) is 9.24. The van der Waals surface area contributed by atoms with Crippen LogP contribution in [0.2, 0.25) is 0 Å². The fourth-order valence-corrected chi connectivity index (χ4v) is 9.20. The first kappa shape index (κ1) is 11.6. The molecule has 0 saturated heterocycles. The Morgan fingerprint density at radius 1 is 0.947 bits per heavy atom. The summed E-state index contributed by atoms with van der Waals surface area (Å²) in [5.74, 6) is 8.25. The molecule has 1 N–H and O–H groups in total. The van der Waals surface area contributed by atoms with E-state index < -0.39 is 0 Å². The molecule has 6 fully saturated rings. The summed E-state index contributed by atoms with van der Waals surface area (Å²) in [6, 6.07) is 0. The van der Waals surface area contributed by atoms with Crippen molar-refractivity contribution in [3.8, 4) is 0 Å². The minimum Gasteiger partial charge on any atom is -0.400 e. The lowest BCUT2D eigenvalue weighted by atomic mass is 9.18. The van der Waals surface area contributed by atoms with Gasteiger partial charge in [-0.2, -0.15) is 0 Å². The first-order valence-corrected chi connectivity index (χ1v) is 8.51. The van der Waals surface area contributed by atoms with Gasteiger partial charge in [0.15, 0.2) is 0 Å². The summed E-state index contributed by atoms with van der Waals surface area (Å²) in [6.07, 6.45) is 6.53. The quantitative estimate of drug-likeness (QED) is 0.706. The van der Waals surface area contributed by atoms with Crippen molar-refractivity contribution in [2.45, 2.75) is 46.5 Å². The molecular formula is C18H28O. The van der Waals surface area contributed by atoms with Crippen LogP contribution in [0.1, 0.15) is 46.5 Å². The molecule has 0 aromatic heterocycles. The summed E-state index contributed by atoms with van der Waals surface area (Å²) in [7, 11) is 1.00. The van der Waals surface area contributed by atoms with Gasteiger partial charge in [-0.3, -0.25) is 0 Å². The van der Waals surface area contributed by atoms with Crippen LogP contribution in [0.3, 0.4) is 0 Å². The van der Waals surface area contributed by atoms with E-state index in [1.165, 1.54) is 35.5 Å². The predicted octanol–water partition coefficient (Wildman–Crippen LogP) is 3.57. The maximum absolute atomic E-state index is 7.00. The van der Waals surface area contributed by atoms with Crippen LogP contribution in [0.25, 0.3) is 0 Å². The number of aliphatic hydroxyl groups excluding tert-OH is 1. The third-order valence-electron chi connectivity index (χ3n) is 9.86. The van der Waals surface area contributed by atoms with Gasteiger partial charge in [0, 0.05) is 7.11 Å². The maximum atomic E-state index is 7.00. The molecule has 1 heteroatoms. The molecule has 6 rings (SSSR count). The summed E-state index contributed by atoms with van der Waals surface area (Å²) in [4.78, 5) is 0. The Morgan fingerprint density at radius 3 is 2.37 bits per heavy atom. The second kappa shape index (κ2) is 2.80. The Hall–Kier alpha value is -0.0400. The van der Waals surface area contributed by atoms with E-state index in [2.05, 4.69) is 20.8 Å². The maximum Gasteiger partial charge on any atom is 0.0319 e. The van der Waals surface area contributed by atoms with Gasteiger partial charge in [0.1, 0.15) is 0 Å². The summed E-state index contributed by atoms with van der Waals surface area (Å²) >= 11 is 0. The van der Waals surface area contributed by atoms with Crippen molar-refractivity contribution < 1.29 is 5.11 Å². The Labute approximate surface area is 117 Å². The minimum absolute atomic E-state index is 0.663. The molecule has 6 aliphatic carbocycles. The summed E-state index contributed by atoms with van der Waals surface area (Å²) < 4.78 is 0. The lowest BCUT2D eigenvalue weighted by Crippen LogP contribution is -2.82. The van der Waals surface area contributed by atoms with Crippen molar-refractivity contribution in [2.75, 3.05) is 7.11 Å². The highest BCUT2D eigenvalue weighted by molar-refractivity contribution is 5.42. The van der Waals surface area contributed by atoms with Gasteiger partial charge in [0.2, 0.25) is 0 Å². The number of hydrogen-bond acceptors (Lipinski definition) is 1. The largest absolute Gasteiger partial charge is 0.400 e. The summed E-state index contributed by atoms with van der Waals surface area (Å²) in [5.41, 5.74) is 2.48. The SMILES string of the molecule is CC1CC2C3C4CC5CC6CC2(C3C564)C1(C)C.CO. The van der Waals surface area contributed by atoms with Crippen molar-refractivity contribution >= 4 is 0 Å². The van der Waals surface area contributed by atoms with Crippen LogP contribution in [-0.2, 0) is 0 Å². The van der Waals surface area contributed by atoms with Gasteiger partial charge in [0.05, 0.1) is 0 Å². The standard InChI is InChI=1S/C17H24.CH4O/c1-8-4-11-13-12-6-9-5-10-7-16(11,15(8,2)3)14(13)17(9,10)12;1-2/h8-14H,4-7H2,1-3H3;2H,1H3. The topological polar surface area (TPSA) is 20.2 Å². The molecule has 6 aliphatic rings. The number of rotatable bonds is 0. The predicted molar refractivity (Wildman–Crippen MR) is 75.4 cm³/mol. The summed E-state index contributed by atoms with van der Waals surface area (Å²) in [5, 5.41) is 7.00. The average molecular weight is 260 g/mol. The van der Waals surface area contributed by atoms with Crippen LogP contribution in [0.4, 0.5) is 0 Å². The van der Waals surface area contributed by atoms with E-state index in [0.29, 0.717) is 5.41 Å². The third-order valence-corrected chi connectivity index (χ3v) is 9.86. The molecule has 0 aliphatic heterocycles. The molecule has 0 amide bonds. The second-order valence-electron chi connectivity index (χ2n) is 9.24. The highest BCUT2D eigenvalue weighted by Crippen LogP contribution is 3.00. The lowest BCUT2D eigenvalue weighted by molar-refractivity contribution is -0.394. The molecular weight excluding hydrogens is 232 g/mol. The van der Waals surface area contributed by atoms with Crippen molar-refractivity contribution in [3.05, 3.63) is 0 Å². The van der Waals surface area contributed by atoms with Crippen molar-refractivity contribution in [3.63, 3.8) is 0 Å². The lowest BCUT2D eigenvalue weighted by Gasteiger charge is -2.86. The van der Waals surface area contributed by atoms with Gasteiger partial charge >= 0.3 is 0 Å². The van der Waals surface area contributed by atoms with Crippen LogP contribution in [0, 0.1) is 57.7 Å². The Morgan fingerprint density at radius 2 is 1.68 bits per heavy atom. The zero-order chi connectivity index (χ0) is 13.4. The Bertz CT molecular complexity index is 468. The van der Waals surface area contributed by atoms with Gasteiger partial charge in [-0.05, 0) is 83.4 Å². The van der Waals surface area contributed by atoms with E-state index in [-0.39, 0.29) is 0 Å². The normalized spacial score (nSPS) is 70.9. The van der Waals surface area contributed by atoms with Gasteiger partial charge < -0.3 is 5.11 Å². The smallest absolute Gasteiger partial charge is 0.0319 e. The van der Waals surface area contributed by atoms with Crippen LogP contribution >= 0.6 is 0 Å². The van der Waals surface area contributed by atoms with Crippen LogP contribution in [-0.4, -0.2) is 12.2 Å². The summed E-state index contributed by atoms with van der Waals surface area (Å²) in [6.45, 7) is 7.83. The van der Waals surface area contributed by atoms with E-state index in [0.717, 1.165) is 23.9 Å². The minimum atomic E-state index is 0.663. The molecule has 19 heavy (non-hydrogen) atoms. The average Bonchev–Trinajstić information content (AvgIpc) is 2.72. The van der Waals surface area contributed by atoms with Gasteiger partial charge in [-0.1, -0.05) is 20.8 Å². The van der Waals surface area contributed by atoms with Gasteiger partial charge in [0.25, 0.3) is 0 Å². The number of aliphatic hydroxyl groups is 1. The van der Waals surface area contributed by atoms with Crippen LogP contribution < -0.4 is 0 Å². The molecule has 0 heterocycles. The van der Waals surface area contributed by atoms with E-state index >= 15 is 0 Å².